The Morgan fingerprint density at radius 2 is 2.05 bits per heavy atom. The quantitative estimate of drug-likeness (QED) is 0.352. The third-order valence-corrected chi connectivity index (χ3v) is 6.53. The summed E-state index contributed by atoms with van der Waals surface area (Å²) >= 11 is 6.05. The van der Waals surface area contributed by atoms with Crippen LogP contribution >= 0.6 is 11.6 Å². The first-order chi connectivity index (χ1) is 18.0. The predicted octanol–water partition coefficient (Wildman–Crippen LogP) is 4.22. The van der Waals surface area contributed by atoms with E-state index in [1.54, 1.807) is 19.2 Å². The van der Waals surface area contributed by atoms with Crippen LogP contribution in [0.1, 0.15) is 24.7 Å². The number of hydrogen-bond donors (Lipinski definition) is 1. The van der Waals surface area contributed by atoms with E-state index in [0.717, 1.165) is 36.5 Å². The van der Waals surface area contributed by atoms with Crippen molar-refractivity contribution in [3.05, 3.63) is 71.3 Å². The summed E-state index contributed by atoms with van der Waals surface area (Å²) < 4.78 is 25.3. The van der Waals surface area contributed by atoms with E-state index < -0.39 is 5.60 Å². The highest BCUT2D eigenvalue weighted by Gasteiger charge is 2.33. The zero-order valence-corrected chi connectivity index (χ0v) is 22.3. The minimum absolute atomic E-state index is 0.110. The molecule has 1 aliphatic rings. The molecule has 3 aromatic rings. The number of ether oxygens (including phenoxy) is 4. The number of rotatable bonds is 12. The van der Waals surface area contributed by atoms with Crippen LogP contribution in [0.3, 0.4) is 0 Å². The van der Waals surface area contributed by atoms with E-state index in [4.69, 9.17) is 30.5 Å². The molecule has 1 saturated heterocycles. The number of halogens is 1. The minimum Gasteiger partial charge on any atom is -0.493 e. The largest absolute Gasteiger partial charge is 0.493 e. The van der Waals surface area contributed by atoms with Crippen molar-refractivity contribution in [2.75, 3.05) is 46.6 Å². The molecule has 4 rings (SSSR count). The Hall–Kier alpha value is -2.78. The number of benzene rings is 2. The number of aliphatic hydroxyl groups is 1. The van der Waals surface area contributed by atoms with Crippen LogP contribution in [-0.2, 0) is 24.2 Å². The van der Waals surface area contributed by atoms with Crippen LogP contribution < -0.4 is 14.2 Å². The number of nitrogens with zero attached hydrogens (tertiary/aromatic N) is 3. The zero-order valence-electron chi connectivity index (χ0n) is 21.6. The van der Waals surface area contributed by atoms with E-state index in [1.165, 1.54) is 0 Å². The number of hydrogen-bond acceptors (Lipinski definition) is 7. The Morgan fingerprint density at radius 3 is 2.86 bits per heavy atom. The molecule has 0 radical (unpaired) electrons. The molecule has 1 fully saturated rings. The van der Waals surface area contributed by atoms with Crippen LogP contribution in [0.2, 0.25) is 5.02 Å². The Balaban J connectivity index is 1.31. The van der Waals surface area contributed by atoms with E-state index in [2.05, 4.69) is 21.4 Å². The minimum atomic E-state index is -1.14. The SMILES string of the molecule is CCc1nccn1CCCOc1ccc(CN2CCOC[C@](O)(COc3cccc(Cl)c3)C2)cc1OC. The fourth-order valence-electron chi connectivity index (χ4n) is 4.46. The Bertz CT molecular complexity index is 1140. The first kappa shape index (κ1) is 27.3. The zero-order chi connectivity index (χ0) is 26.1. The standard InChI is InChI=1S/C28H36ClN3O5/c1-3-27-30-10-12-32(27)11-5-14-36-25-9-8-22(16-26(25)34-2)18-31-13-15-35-20-28(33,19-31)21-37-24-7-4-6-23(29)17-24/h4,6-10,12,16-17,33H,3,5,11,13-15,18-21H2,1-2H3/t28-/m0/s1. The van der Waals surface area contributed by atoms with Crippen molar-refractivity contribution in [2.45, 2.75) is 38.5 Å². The number of methoxy groups -OCH3 is 1. The molecule has 0 amide bonds. The van der Waals surface area contributed by atoms with Gasteiger partial charge in [-0.2, -0.15) is 0 Å². The van der Waals surface area contributed by atoms with E-state index in [0.29, 0.717) is 49.4 Å². The Labute approximate surface area is 223 Å². The Kier molecular flexibility index (Phi) is 9.68. The lowest BCUT2D eigenvalue weighted by molar-refractivity contribution is -0.0646. The Morgan fingerprint density at radius 1 is 1.16 bits per heavy atom. The molecule has 2 heterocycles. The molecule has 0 spiro atoms. The summed E-state index contributed by atoms with van der Waals surface area (Å²) in [5, 5.41) is 11.8. The van der Waals surface area contributed by atoms with E-state index in [9.17, 15) is 5.11 Å². The van der Waals surface area contributed by atoms with Gasteiger partial charge in [-0.05, 0) is 42.3 Å². The maximum Gasteiger partial charge on any atom is 0.161 e. The summed E-state index contributed by atoms with van der Waals surface area (Å²) in [5.74, 6) is 3.12. The first-order valence-electron chi connectivity index (χ1n) is 12.7. The summed E-state index contributed by atoms with van der Waals surface area (Å²) in [6, 6.07) is 13.1. The maximum absolute atomic E-state index is 11.2. The lowest BCUT2D eigenvalue weighted by Gasteiger charge is -2.30. The van der Waals surface area contributed by atoms with Crippen LogP contribution in [0.4, 0.5) is 0 Å². The molecule has 0 bridgehead atoms. The van der Waals surface area contributed by atoms with Crippen molar-refractivity contribution in [1.29, 1.82) is 0 Å². The molecule has 1 atom stereocenters. The van der Waals surface area contributed by atoms with Gasteiger partial charge in [0.25, 0.3) is 0 Å². The maximum atomic E-state index is 11.2. The molecule has 2 aromatic carbocycles. The van der Waals surface area contributed by atoms with Gasteiger partial charge in [0.05, 0.1) is 26.9 Å². The molecule has 0 saturated carbocycles. The van der Waals surface area contributed by atoms with Crippen molar-refractivity contribution >= 4 is 11.6 Å². The molecule has 1 aromatic heterocycles. The second kappa shape index (κ2) is 13.1. The highest BCUT2D eigenvalue weighted by Crippen LogP contribution is 2.29. The fraction of sp³-hybridized carbons (Fsp3) is 0.464. The summed E-state index contributed by atoms with van der Waals surface area (Å²) in [4.78, 5) is 6.53. The van der Waals surface area contributed by atoms with Gasteiger partial charge in [0.15, 0.2) is 11.5 Å². The van der Waals surface area contributed by atoms with Crippen LogP contribution in [0.5, 0.6) is 17.2 Å². The van der Waals surface area contributed by atoms with Crippen molar-refractivity contribution < 1.29 is 24.1 Å². The van der Waals surface area contributed by atoms with Gasteiger partial charge >= 0.3 is 0 Å². The molecule has 0 aliphatic carbocycles. The second-order valence-electron chi connectivity index (χ2n) is 9.31. The normalized spacial score (nSPS) is 18.4. The van der Waals surface area contributed by atoms with Gasteiger partial charge in [0.2, 0.25) is 0 Å². The lowest BCUT2D eigenvalue weighted by atomic mass is 10.1. The molecular formula is C28H36ClN3O5. The van der Waals surface area contributed by atoms with Crippen molar-refractivity contribution in [3.63, 3.8) is 0 Å². The van der Waals surface area contributed by atoms with Gasteiger partial charge in [0.1, 0.15) is 23.8 Å². The molecular weight excluding hydrogens is 494 g/mol. The lowest BCUT2D eigenvalue weighted by Crippen LogP contribution is -2.48. The third kappa shape index (κ3) is 7.85. The average molecular weight is 530 g/mol. The second-order valence-corrected chi connectivity index (χ2v) is 9.75. The van der Waals surface area contributed by atoms with E-state index >= 15 is 0 Å². The molecule has 1 aliphatic heterocycles. The molecule has 1 N–H and O–H groups in total. The van der Waals surface area contributed by atoms with Crippen molar-refractivity contribution in [1.82, 2.24) is 14.5 Å². The van der Waals surface area contributed by atoms with Gasteiger partial charge in [-0.15, -0.1) is 0 Å². The third-order valence-electron chi connectivity index (χ3n) is 6.30. The molecule has 200 valence electrons. The van der Waals surface area contributed by atoms with Crippen LogP contribution in [0, 0.1) is 0 Å². The predicted molar refractivity (Wildman–Crippen MR) is 143 cm³/mol. The van der Waals surface area contributed by atoms with Gasteiger partial charge < -0.3 is 28.6 Å². The highest BCUT2D eigenvalue weighted by atomic mass is 35.5. The first-order valence-corrected chi connectivity index (χ1v) is 13.1. The summed E-state index contributed by atoms with van der Waals surface area (Å²) in [6.45, 7) is 6.17. The number of imidazole rings is 1. The van der Waals surface area contributed by atoms with Crippen molar-refractivity contribution in [3.8, 4) is 17.2 Å². The van der Waals surface area contributed by atoms with Gasteiger partial charge in [-0.25, -0.2) is 4.98 Å². The summed E-state index contributed by atoms with van der Waals surface area (Å²) in [5.41, 5.74) is -0.0750. The van der Waals surface area contributed by atoms with Crippen molar-refractivity contribution in [2.24, 2.45) is 0 Å². The molecule has 37 heavy (non-hydrogen) atoms. The number of aryl methyl sites for hydroxylation is 2. The summed E-state index contributed by atoms with van der Waals surface area (Å²) in [7, 11) is 1.65. The summed E-state index contributed by atoms with van der Waals surface area (Å²) in [6.07, 6.45) is 5.63. The monoisotopic (exact) mass is 529 g/mol. The highest BCUT2D eigenvalue weighted by molar-refractivity contribution is 6.30. The van der Waals surface area contributed by atoms with Crippen LogP contribution in [0.25, 0.3) is 0 Å². The molecule has 9 heteroatoms. The van der Waals surface area contributed by atoms with Gasteiger partial charge in [-0.3, -0.25) is 4.90 Å². The fourth-order valence-corrected chi connectivity index (χ4v) is 4.64. The van der Waals surface area contributed by atoms with Gasteiger partial charge in [-0.1, -0.05) is 30.7 Å². The van der Waals surface area contributed by atoms with E-state index in [-0.39, 0.29) is 13.2 Å². The molecule has 8 nitrogen and oxygen atoms in total. The number of aromatic nitrogens is 2. The van der Waals surface area contributed by atoms with Gasteiger partial charge in [0, 0.05) is 50.0 Å². The van der Waals surface area contributed by atoms with Crippen LogP contribution in [-0.4, -0.2) is 71.8 Å². The number of β-amino-alcohol motifs (C(OH)–C–C–N with tert-alkyl or cyclic N) is 1. The molecule has 0 unspecified atom stereocenters. The topological polar surface area (TPSA) is 78.2 Å². The average Bonchev–Trinajstić information content (AvgIpc) is 3.27. The van der Waals surface area contributed by atoms with Crippen LogP contribution in [0.15, 0.2) is 54.9 Å². The smallest absolute Gasteiger partial charge is 0.161 e. The van der Waals surface area contributed by atoms with E-state index in [1.807, 2.05) is 42.7 Å².